The van der Waals surface area contributed by atoms with Crippen molar-refractivity contribution >= 4 is 17.4 Å². The van der Waals surface area contributed by atoms with E-state index >= 15 is 0 Å². The van der Waals surface area contributed by atoms with Crippen LogP contribution in [-0.4, -0.2) is 22.9 Å². The van der Waals surface area contributed by atoms with Crippen LogP contribution >= 0.6 is 11.6 Å². The Kier molecular flexibility index (Phi) is 6.24. The van der Waals surface area contributed by atoms with E-state index in [1.165, 1.54) is 24.5 Å². The van der Waals surface area contributed by atoms with E-state index in [1.807, 2.05) is 25.1 Å². The van der Waals surface area contributed by atoms with Crippen LogP contribution in [0.15, 0.2) is 54.9 Å². The molecule has 0 aliphatic carbocycles. The highest BCUT2D eigenvalue weighted by Gasteiger charge is 2.31. The second-order valence-corrected chi connectivity index (χ2v) is 6.77. The van der Waals surface area contributed by atoms with Crippen molar-refractivity contribution in [3.05, 3.63) is 71.0 Å². The van der Waals surface area contributed by atoms with Gasteiger partial charge in [0.1, 0.15) is 17.9 Å². The van der Waals surface area contributed by atoms with Gasteiger partial charge in [-0.1, -0.05) is 35.9 Å². The minimum Gasteiger partial charge on any atom is -0.406 e. The maximum atomic E-state index is 12.4. The molecule has 0 aliphatic heterocycles. The molecular weight excluding hydrogens is 405 g/mol. The SMILES string of the molecule is Cc1ccc(-c2cc(NC[C@H](N)c3cccc(OC(F)(F)F)c3)ncn2)cc1Cl. The van der Waals surface area contributed by atoms with Gasteiger partial charge in [0.25, 0.3) is 0 Å². The lowest BCUT2D eigenvalue weighted by atomic mass is 10.1. The number of nitrogens with two attached hydrogens (primary N) is 1. The number of nitrogens with one attached hydrogen (secondary N) is 1. The van der Waals surface area contributed by atoms with Crippen LogP contribution in [0.3, 0.4) is 0 Å². The van der Waals surface area contributed by atoms with Crippen molar-refractivity contribution in [1.29, 1.82) is 0 Å². The van der Waals surface area contributed by atoms with Gasteiger partial charge in [0.15, 0.2) is 0 Å². The molecule has 3 rings (SSSR count). The number of alkyl halides is 3. The molecule has 5 nitrogen and oxygen atoms in total. The van der Waals surface area contributed by atoms with Crippen molar-refractivity contribution in [2.24, 2.45) is 5.73 Å². The van der Waals surface area contributed by atoms with Crippen molar-refractivity contribution in [3.63, 3.8) is 0 Å². The standard InChI is InChI=1S/C20H18ClF3N4O/c1-12-5-6-14(8-16(12)21)18-9-19(28-11-27-18)26-10-17(25)13-3-2-4-15(7-13)29-20(22,23)24/h2-9,11,17H,10,25H2,1H3,(H,26,27,28)/t17-/m0/s1. The Morgan fingerprint density at radius 2 is 1.93 bits per heavy atom. The number of rotatable bonds is 6. The lowest BCUT2D eigenvalue weighted by Crippen LogP contribution is -2.22. The van der Waals surface area contributed by atoms with Crippen LogP contribution < -0.4 is 15.8 Å². The summed E-state index contributed by atoms with van der Waals surface area (Å²) >= 11 is 6.17. The van der Waals surface area contributed by atoms with Gasteiger partial charge in [-0.3, -0.25) is 0 Å². The molecule has 9 heteroatoms. The van der Waals surface area contributed by atoms with Crippen LogP contribution in [0.1, 0.15) is 17.2 Å². The van der Waals surface area contributed by atoms with Gasteiger partial charge in [0, 0.05) is 29.2 Å². The summed E-state index contributed by atoms with van der Waals surface area (Å²) in [5.41, 5.74) is 9.08. The molecule has 2 aromatic carbocycles. The zero-order valence-electron chi connectivity index (χ0n) is 15.4. The predicted molar refractivity (Wildman–Crippen MR) is 106 cm³/mol. The first-order chi connectivity index (χ1) is 13.7. The van der Waals surface area contributed by atoms with Gasteiger partial charge in [-0.25, -0.2) is 9.97 Å². The molecule has 0 saturated carbocycles. The summed E-state index contributed by atoms with van der Waals surface area (Å²) in [6.07, 6.45) is -3.34. The Hall–Kier alpha value is -2.84. The fourth-order valence-corrected chi connectivity index (χ4v) is 2.82. The van der Waals surface area contributed by atoms with E-state index in [0.29, 0.717) is 22.1 Å². The van der Waals surface area contributed by atoms with E-state index in [1.54, 1.807) is 12.1 Å². The van der Waals surface area contributed by atoms with E-state index in [-0.39, 0.29) is 12.3 Å². The number of aromatic nitrogens is 2. The zero-order valence-corrected chi connectivity index (χ0v) is 16.1. The molecule has 1 atom stereocenters. The summed E-state index contributed by atoms with van der Waals surface area (Å²) in [4.78, 5) is 8.40. The number of halogens is 4. The summed E-state index contributed by atoms with van der Waals surface area (Å²) in [7, 11) is 0. The average Bonchev–Trinajstić information content (AvgIpc) is 2.67. The van der Waals surface area contributed by atoms with Crippen LogP contribution in [0.25, 0.3) is 11.3 Å². The molecule has 0 radical (unpaired) electrons. The quantitative estimate of drug-likeness (QED) is 0.577. The molecule has 0 bridgehead atoms. The highest BCUT2D eigenvalue weighted by atomic mass is 35.5. The van der Waals surface area contributed by atoms with E-state index in [0.717, 1.165) is 11.1 Å². The molecule has 1 aromatic heterocycles. The van der Waals surface area contributed by atoms with Gasteiger partial charge in [0.2, 0.25) is 0 Å². The first-order valence-corrected chi connectivity index (χ1v) is 9.03. The fraction of sp³-hybridized carbons (Fsp3) is 0.200. The van der Waals surface area contributed by atoms with Crippen LogP contribution in [0.5, 0.6) is 5.75 Å². The highest BCUT2D eigenvalue weighted by molar-refractivity contribution is 6.31. The number of nitrogens with zero attached hydrogens (tertiary/aromatic N) is 2. The van der Waals surface area contributed by atoms with Gasteiger partial charge >= 0.3 is 6.36 Å². The third kappa shape index (κ3) is 5.82. The summed E-state index contributed by atoms with van der Waals surface area (Å²) < 4.78 is 41.1. The van der Waals surface area contributed by atoms with Crippen molar-refractivity contribution in [2.75, 3.05) is 11.9 Å². The molecule has 29 heavy (non-hydrogen) atoms. The molecule has 0 spiro atoms. The second kappa shape index (κ2) is 8.67. The number of aryl methyl sites for hydroxylation is 1. The summed E-state index contributed by atoms with van der Waals surface area (Å²) in [5, 5.41) is 3.71. The average molecular weight is 423 g/mol. The maximum Gasteiger partial charge on any atom is 0.573 e. The van der Waals surface area contributed by atoms with Gasteiger partial charge in [-0.15, -0.1) is 13.2 Å². The molecule has 0 aliphatic rings. The molecule has 3 N–H and O–H groups in total. The van der Waals surface area contributed by atoms with Crippen molar-refractivity contribution in [3.8, 4) is 17.0 Å². The highest BCUT2D eigenvalue weighted by Crippen LogP contribution is 2.26. The van der Waals surface area contributed by atoms with Gasteiger partial charge in [-0.05, 0) is 36.2 Å². The third-order valence-electron chi connectivity index (χ3n) is 4.16. The van der Waals surface area contributed by atoms with E-state index in [4.69, 9.17) is 17.3 Å². The Labute approximate surface area is 170 Å². The van der Waals surface area contributed by atoms with E-state index in [2.05, 4.69) is 20.0 Å². The Balaban J connectivity index is 1.68. The minimum absolute atomic E-state index is 0.251. The van der Waals surface area contributed by atoms with Crippen molar-refractivity contribution in [1.82, 2.24) is 9.97 Å². The fourth-order valence-electron chi connectivity index (χ4n) is 2.64. The first-order valence-electron chi connectivity index (χ1n) is 8.65. The smallest absolute Gasteiger partial charge is 0.406 e. The largest absolute Gasteiger partial charge is 0.573 e. The third-order valence-corrected chi connectivity index (χ3v) is 4.56. The van der Waals surface area contributed by atoms with Crippen molar-refractivity contribution < 1.29 is 17.9 Å². The normalized spacial score (nSPS) is 12.5. The molecule has 0 amide bonds. The number of ether oxygens (including phenoxy) is 1. The summed E-state index contributed by atoms with van der Waals surface area (Å²) in [6.45, 7) is 2.16. The number of hydrogen-bond acceptors (Lipinski definition) is 5. The van der Waals surface area contributed by atoms with Crippen LogP contribution in [0.2, 0.25) is 5.02 Å². The predicted octanol–water partition coefficient (Wildman–Crippen LogP) is 5.12. The molecule has 0 fully saturated rings. The van der Waals surface area contributed by atoms with Gasteiger partial charge < -0.3 is 15.8 Å². The maximum absolute atomic E-state index is 12.4. The molecular formula is C20H18ClF3N4O. The Morgan fingerprint density at radius 1 is 1.14 bits per heavy atom. The lowest BCUT2D eigenvalue weighted by molar-refractivity contribution is -0.274. The second-order valence-electron chi connectivity index (χ2n) is 6.36. The van der Waals surface area contributed by atoms with Crippen LogP contribution in [-0.2, 0) is 0 Å². The Bertz CT molecular complexity index is 997. The number of anilines is 1. The molecule has 0 unspecified atom stereocenters. The van der Waals surface area contributed by atoms with E-state index < -0.39 is 12.4 Å². The number of hydrogen-bond donors (Lipinski definition) is 2. The van der Waals surface area contributed by atoms with Crippen LogP contribution in [0.4, 0.5) is 19.0 Å². The van der Waals surface area contributed by atoms with Gasteiger partial charge in [0.05, 0.1) is 5.69 Å². The first kappa shape index (κ1) is 20.9. The monoisotopic (exact) mass is 422 g/mol. The molecule has 152 valence electrons. The zero-order chi connectivity index (χ0) is 21.0. The summed E-state index contributed by atoms with van der Waals surface area (Å²) in [5.74, 6) is 0.218. The Morgan fingerprint density at radius 3 is 2.66 bits per heavy atom. The minimum atomic E-state index is -4.75. The number of benzene rings is 2. The molecule has 3 aromatic rings. The lowest BCUT2D eigenvalue weighted by Gasteiger charge is -2.16. The van der Waals surface area contributed by atoms with Crippen molar-refractivity contribution in [2.45, 2.75) is 19.3 Å². The van der Waals surface area contributed by atoms with Gasteiger partial charge in [-0.2, -0.15) is 0 Å². The topological polar surface area (TPSA) is 73.1 Å². The molecule has 1 heterocycles. The van der Waals surface area contributed by atoms with E-state index in [9.17, 15) is 13.2 Å². The summed E-state index contributed by atoms with van der Waals surface area (Å²) in [6, 6.07) is 12.4. The van der Waals surface area contributed by atoms with Crippen LogP contribution in [0, 0.1) is 6.92 Å². The molecule has 0 saturated heterocycles.